The van der Waals surface area contributed by atoms with Gasteiger partial charge in [-0.15, -0.1) is 0 Å². The molecule has 0 aromatic rings. The molecule has 3 heteroatoms. The fourth-order valence-corrected chi connectivity index (χ4v) is 2.65. The zero-order chi connectivity index (χ0) is 16.5. The number of likely N-dealkylation sites (N-methyl/N-ethyl adjacent to an activating group) is 1. The van der Waals surface area contributed by atoms with Crippen molar-refractivity contribution < 1.29 is 4.39 Å². The predicted octanol–water partition coefficient (Wildman–Crippen LogP) is 5.73. The topological polar surface area (TPSA) is 12.0 Å². The summed E-state index contributed by atoms with van der Waals surface area (Å²) in [4.78, 5) is 0.748. The molecule has 0 fully saturated rings. The molecule has 0 atom stereocenters. The second kappa shape index (κ2) is 9.52. The smallest absolute Gasteiger partial charge is 0.102 e. The van der Waals surface area contributed by atoms with E-state index in [2.05, 4.69) is 31.8 Å². The van der Waals surface area contributed by atoms with Crippen molar-refractivity contribution in [3.63, 3.8) is 0 Å². The van der Waals surface area contributed by atoms with E-state index in [1.54, 1.807) is 6.08 Å². The van der Waals surface area contributed by atoms with Gasteiger partial charge < -0.3 is 5.32 Å². The molecule has 120 valence electrons. The summed E-state index contributed by atoms with van der Waals surface area (Å²) in [6.07, 6.45) is 11.7. The lowest BCUT2D eigenvalue weighted by molar-refractivity contribution is 0.580. The molecular weight excluding hydrogens is 293 g/mol. The maximum Gasteiger partial charge on any atom is 0.102 e. The molecule has 0 heterocycles. The van der Waals surface area contributed by atoms with Crippen LogP contribution in [0, 0.1) is 0 Å². The van der Waals surface area contributed by atoms with E-state index < -0.39 is 0 Å². The van der Waals surface area contributed by atoms with Crippen LogP contribution in [0.1, 0.15) is 46.0 Å². The molecule has 0 unspecified atom stereocenters. The number of nitrogens with one attached hydrogen (secondary N) is 1. The molecule has 0 amide bonds. The van der Waals surface area contributed by atoms with Gasteiger partial charge in [0.2, 0.25) is 0 Å². The van der Waals surface area contributed by atoms with Crippen molar-refractivity contribution in [3.8, 4) is 0 Å². The van der Waals surface area contributed by atoms with E-state index in [-0.39, 0.29) is 5.83 Å². The summed E-state index contributed by atoms with van der Waals surface area (Å²) in [5, 5.41) is 3.07. The summed E-state index contributed by atoms with van der Waals surface area (Å²) >= 11 is 5.48. The molecule has 0 spiro atoms. The van der Waals surface area contributed by atoms with Gasteiger partial charge in [0.05, 0.1) is 0 Å². The molecule has 1 nitrogen and oxygen atoms in total. The molecule has 0 saturated heterocycles. The van der Waals surface area contributed by atoms with Crippen LogP contribution in [-0.4, -0.2) is 12.0 Å². The predicted molar refractivity (Wildman–Crippen MR) is 98.7 cm³/mol. The molecule has 1 N–H and O–H groups in total. The Hall–Kier alpha value is -1.48. The van der Waals surface area contributed by atoms with Crippen LogP contribution in [0.4, 0.5) is 4.39 Å². The van der Waals surface area contributed by atoms with E-state index in [9.17, 15) is 4.39 Å². The van der Waals surface area contributed by atoms with Crippen LogP contribution in [0.2, 0.25) is 0 Å². The molecule has 22 heavy (non-hydrogen) atoms. The van der Waals surface area contributed by atoms with E-state index in [4.69, 9.17) is 12.2 Å². The second-order valence-electron chi connectivity index (χ2n) is 5.45. The minimum absolute atomic E-state index is 0.0446. The molecule has 0 aliphatic heterocycles. The van der Waals surface area contributed by atoms with Crippen molar-refractivity contribution >= 4 is 17.2 Å². The summed E-state index contributed by atoms with van der Waals surface area (Å²) in [5.41, 5.74) is 4.60. The highest BCUT2D eigenvalue weighted by atomic mass is 32.1. The van der Waals surface area contributed by atoms with Gasteiger partial charge in [-0.25, -0.2) is 4.39 Å². The van der Waals surface area contributed by atoms with Gasteiger partial charge in [-0.1, -0.05) is 55.9 Å². The van der Waals surface area contributed by atoms with Crippen molar-refractivity contribution in [2.24, 2.45) is 0 Å². The quantitative estimate of drug-likeness (QED) is 0.365. The van der Waals surface area contributed by atoms with Crippen LogP contribution in [0.15, 0.2) is 59.0 Å². The van der Waals surface area contributed by atoms with Gasteiger partial charge in [0.25, 0.3) is 0 Å². The monoisotopic (exact) mass is 319 g/mol. The highest BCUT2D eigenvalue weighted by molar-refractivity contribution is 7.80. The largest absolute Gasteiger partial charge is 0.379 e. The van der Waals surface area contributed by atoms with Gasteiger partial charge >= 0.3 is 0 Å². The fraction of sp³-hybridized carbons (Fsp3) is 0.421. The average Bonchev–Trinajstić information content (AvgIpc) is 2.54. The Morgan fingerprint density at radius 2 is 2.14 bits per heavy atom. The average molecular weight is 319 g/mol. The first kappa shape index (κ1) is 18.6. The number of hydrogen-bond donors (Lipinski definition) is 1. The summed E-state index contributed by atoms with van der Waals surface area (Å²) in [6.45, 7) is 8.16. The maximum atomic E-state index is 13.1. The van der Waals surface area contributed by atoms with Gasteiger partial charge in [-0.2, -0.15) is 0 Å². The van der Waals surface area contributed by atoms with Crippen molar-refractivity contribution in [2.45, 2.75) is 46.0 Å². The Kier molecular flexibility index (Phi) is 8.03. The fourth-order valence-electron chi connectivity index (χ4n) is 2.43. The van der Waals surface area contributed by atoms with E-state index in [1.165, 1.54) is 5.57 Å². The Bertz CT molecular complexity index is 550. The molecule has 0 bridgehead atoms. The number of thiocarbonyl (C=S) groups is 1. The Balaban J connectivity index is 3.13. The van der Waals surface area contributed by atoms with Crippen LogP contribution in [0.5, 0.6) is 0 Å². The van der Waals surface area contributed by atoms with Gasteiger partial charge in [0, 0.05) is 13.5 Å². The number of allylic oxidation sites excluding steroid dienone is 8. The third-order valence-electron chi connectivity index (χ3n) is 3.85. The SMILES string of the molecule is C=CC(=C\CCC)/C(C)=C(/CC1=CC=C(F)CC1)C(=S)NC. The van der Waals surface area contributed by atoms with E-state index in [0.717, 1.165) is 47.4 Å². The third kappa shape index (κ3) is 5.38. The molecule has 0 aromatic heterocycles. The third-order valence-corrected chi connectivity index (χ3v) is 4.30. The minimum atomic E-state index is -0.0446. The number of halogens is 1. The maximum absolute atomic E-state index is 13.1. The molecule has 0 radical (unpaired) electrons. The summed E-state index contributed by atoms with van der Waals surface area (Å²) < 4.78 is 13.1. The molecule has 0 saturated carbocycles. The standard InChI is InChI=1S/C19H26FNS/c1-5-7-8-16(6-2)14(3)18(19(22)21-4)13-15-9-11-17(20)12-10-15/h6,8-9,11H,2,5,7,10,12-13H2,1,3-4H3,(H,21,22)/b16-8+,18-14-. The van der Waals surface area contributed by atoms with Gasteiger partial charge in [0.15, 0.2) is 0 Å². The molecule has 1 aliphatic carbocycles. The molecule has 1 aliphatic rings. The van der Waals surface area contributed by atoms with Crippen LogP contribution in [0.25, 0.3) is 0 Å². The van der Waals surface area contributed by atoms with E-state index in [1.807, 2.05) is 19.2 Å². The van der Waals surface area contributed by atoms with Crippen molar-refractivity contribution in [2.75, 3.05) is 7.05 Å². The summed E-state index contributed by atoms with van der Waals surface area (Å²) in [7, 11) is 1.84. The second-order valence-corrected chi connectivity index (χ2v) is 5.86. The number of rotatable bonds is 7. The van der Waals surface area contributed by atoms with Crippen LogP contribution in [-0.2, 0) is 0 Å². The lowest BCUT2D eigenvalue weighted by Crippen LogP contribution is -2.20. The van der Waals surface area contributed by atoms with Gasteiger partial charge in [0.1, 0.15) is 10.8 Å². The lowest BCUT2D eigenvalue weighted by Gasteiger charge is -2.18. The highest BCUT2D eigenvalue weighted by Gasteiger charge is 2.14. The summed E-state index contributed by atoms with van der Waals surface area (Å²) in [6, 6.07) is 0. The van der Waals surface area contributed by atoms with Crippen LogP contribution < -0.4 is 5.32 Å². The van der Waals surface area contributed by atoms with Gasteiger partial charge in [-0.05, 0) is 49.0 Å². The molecular formula is C19H26FNS. The zero-order valence-electron chi connectivity index (χ0n) is 13.8. The first-order valence-corrected chi connectivity index (χ1v) is 8.23. The van der Waals surface area contributed by atoms with E-state index in [0.29, 0.717) is 6.42 Å². The van der Waals surface area contributed by atoms with Crippen LogP contribution >= 0.6 is 12.2 Å². The zero-order valence-corrected chi connectivity index (χ0v) is 14.7. The number of unbranched alkanes of at least 4 members (excludes halogenated alkanes) is 1. The van der Waals surface area contributed by atoms with Crippen molar-refractivity contribution in [1.29, 1.82) is 0 Å². The Morgan fingerprint density at radius 1 is 1.41 bits per heavy atom. The minimum Gasteiger partial charge on any atom is -0.379 e. The van der Waals surface area contributed by atoms with Crippen molar-refractivity contribution in [3.05, 3.63) is 59.0 Å². The first-order valence-electron chi connectivity index (χ1n) is 7.82. The van der Waals surface area contributed by atoms with Crippen LogP contribution in [0.3, 0.4) is 0 Å². The Morgan fingerprint density at radius 3 is 2.64 bits per heavy atom. The van der Waals surface area contributed by atoms with Gasteiger partial charge in [-0.3, -0.25) is 0 Å². The first-order chi connectivity index (χ1) is 10.5. The molecule has 0 aromatic carbocycles. The normalized spacial score (nSPS) is 16.5. The van der Waals surface area contributed by atoms with E-state index >= 15 is 0 Å². The summed E-state index contributed by atoms with van der Waals surface area (Å²) in [5.74, 6) is -0.0446. The lowest BCUT2D eigenvalue weighted by atomic mass is 9.91. The Labute approximate surface area is 139 Å². The number of hydrogen-bond acceptors (Lipinski definition) is 1. The van der Waals surface area contributed by atoms with Crippen molar-refractivity contribution in [1.82, 2.24) is 5.32 Å². The molecule has 1 rings (SSSR count). The highest BCUT2D eigenvalue weighted by Crippen LogP contribution is 2.28.